The fourth-order valence-electron chi connectivity index (χ4n) is 5.29. The number of hydrogen-bond donors (Lipinski definition) is 5. The minimum Gasteiger partial charge on any atom is -0.508 e. The van der Waals surface area contributed by atoms with Crippen LogP contribution in [0.4, 0.5) is 10.6 Å². The van der Waals surface area contributed by atoms with Crippen LogP contribution in [0.3, 0.4) is 0 Å². The fraction of sp³-hybridized carbons (Fsp3) is 0.243. The van der Waals surface area contributed by atoms with Crippen LogP contribution in [0.25, 0.3) is 16.8 Å². The van der Waals surface area contributed by atoms with Crippen LogP contribution >= 0.6 is 11.6 Å². The number of amides is 3. The number of pyridine rings is 1. The number of hydrogen-bond acceptors (Lipinski definition) is 6. The molecule has 5 aromatic rings. The van der Waals surface area contributed by atoms with Gasteiger partial charge in [0.15, 0.2) is 5.75 Å². The number of phenols is 1. The molecule has 12 heteroatoms. The molecule has 2 aromatic heterocycles. The molecule has 11 nitrogen and oxygen atoms in total. The summed E-state index contributed by atoms with van der Waals surface area (Å²) in [7, 11) is 1.56. The number of nitrogens with zero attached hydrogens (tertiary/aromatic N) is 2. The normalized spacial score (nSPS) is 11.2. The van der Waals surface area contributed by atoms with Crippen LogP contribution in [0, 0.1) is 13.8 Å². The van der Waals surface area contributed by atoms with E-state index < -0.39 is 11.6 Å². The summed E-state index contributed by atoms with van der Waals surface area (Å²) in [5.41, 5.74) is 5.36. The van der Waals surface area contributed by atoms with Crippen LogP contribution in [0.15, 0.2) is 77.6 Å². The van der Waals surface area contributed by atoms with Crippen molar-refractivity contribution in [3.05, 3.63) is 122 Å². The maximum atomic E-state index is 13.2. The van der Waals surface area contributed by atoms with Gasteiger partial charge in [-0.3, -0.25) is 14.9 Å². The van der Waals surface area contributed by atoms with E-state index in [-0.39, 0.29) is 41.0 Å². The molecule has 0 aliphatic rings. The number of aromatic hydroxyl groups is 1. The molecule has 3 aromatic carbocycles. The largest absolute Gasteiger partial charge is 0.508 e. The second kappa shape index (κ2) is 14.3. The van der Waals surface area contributed by atoms with E-state index in [0.717, 1.165) is 22.4 Å². The number of anilines is 1. The molecule has 0 aliphatic heterocycles. The van der Waals surface area contributed by atoms with Gasteiger partial charge in [-0.1, -0.05) is 62.7 Å². The van der Waals surface area contributed by atoms with E-state index in [9.17, 15) is 19.5 Å². The Morgan fingerprint density at radius 3 is 2.37 bits per heavy atom. The highest BCUT2D eigenvalue weighted by Gasteiger charge is 2.23. The van der Waals surface area contributed by atoms with Crippen molar-refractivity contribution in [3.8, 4) is 28.3 Å². The van der Waals surface area contributed by atoms with Gasteiger partial charge < -0.3 is 25.5 Å². The molecule has 0 unspecified atom stereocenters. The number of carbonyl (C=O) groups is 2. The number of benzene rings is 3. The number of phenolic OH excluding ortho intramolecular Hbond substituents is 1. The first-order valence-corrected chi connectivity index (χ1v) is 16.0. The first-order valence-electron chi connectivity index (χ1n) is 15.7. The van der Waals surface area contributed by atoms with Gasteiger partial charge in [0.2, 0.25) is 0 Å². The molecule has 5 rings (SSSR count). The van der Waals surface area contributed by atoms with Crippen LogP contribution in [-0.2, 0) is 18.6 Å². The van der Waals surface area contributed by atoms with Crippen LogP contribution in [0.5, 0.6) is 11.5 Å². The van der Waals surface area contributed by atoms with Gasteiger partial charge in [0, 0.05) is 41.9 Å². The molecule has 0 saturated carbocycles. The Morgan fingerprint density at radius 2 is 1.69 bits per heavy atom. The molecule has 5 N–H and O–H groups in total. The zero-order valence-corrected chi connectivity index (χ0v) is 29.0. The highest BCUT2D eigenvalue weighted by atomic mass is 35.5. The Balaban J connectivity index is 1.37. The summed E-state index contributed by atoms with van der Waals surface area (Å²) in [6, 6.07) is 20.7. The third-order valence-electron chi connectivity index (χ3n) is 8.04. The van der Waals surface area contributed by atoms with Gasteiger partial charge in [-0.15, -0.1) is 0 Å². The number of aromatic amines is 1. The van der Waals surface area contributed by atoms with Gasteiger partial charge in [-0.2, -0.15) is 5.10 Å². The second-order valence-corrected chi connectivity index (χ2v) is 13.0. The molecular formula is C37H39ClN6O5. The zero-order valence-electron chi connectivity index (χ0n) is 28.2. The SMILES string of the molecule is CNC(=O)c1ccc(C)c(-c2c(C)[nH]c(=O)c(Cl)c2OCc2ccccc2CNC(=O)Nc2cc(C(C)(C)C)nn2-c2ccc(O)cc2)c1. The molecule has 3 amide bonds. The summed E-state index contributed by atoms with van der Waals surface area (Å²) < 4.78 is 7.92. The molecule has 0 spiro atoms. The van der Waals surface area contributed by atoms with E-state index in [1.54, 1.807) is 55.1 Å². The maximum absolute atomic E-state index is 13.2. The Hall–Kier alpha value is -5.55. The van der Waals surface area contributed by atoms with E-state index in [2.05, 4.69) is 20.9 Å². The highest BCUT2D eigenvalue weighted by molar-refractivity contribution is 6.32. The number of carbonyl (C=O) groups excluding carboxylic acids is 2. The Bertz CT molecular complexity index is 2080. The van der Waals surface area contributed by atoms with Gasteiger partial charge in [-0.25, -0.2) is 9.48 Å². The van der Waals surface area contributed by atoms with Crippen molar-refractivity contribution in [1.29, 1.82) is 0 Å². The van der Waals surface area contributed by atoms with Gasteiger partial charge in [0.05, 0.1) is 11.4 Å². The molecule has 0 saturated heterocycles. The van der Waals surface area contributed by atoms with Crippen molar-refractivity contribution in [3.63, 3.8) is 0 Å². The fourth-order valence-corrected chi connectivity index (χ4v) is 5.49. The van der Waals surface area contributed by atoms with E-state index in [1.807, 2.05) is 64.1 Å². The second-order valence-electron chi connectivity index (χ2n) is 12.7. The standard InChI is InChI=1S/C37H39ClN6O5/c1-21-11-12-23(34(46)39-6)17-28(21)31-22(2)41-35(47)32(38)33(31)49-20-25-10-8-7-9-24(25)19-40-36(48)42-30-18-29(37(3,4)5)43-44(30)26-13-15-27(45)16-14-26/h7-18,45H,19-20H2,1-6H3,(H,39,46)(H,41,47)(H2,40,42,48). The first-order chi connectivity index (χ1) is 23.3. The summed E-state index contributed by atoms with van der Waals surface area (Å²) >= 11 is 6.55. The number of halogens is 1. The summed E-state index contributed by atoms with van der Waals surface area (Å²) in [5.74, 6) is 0.534. The predicted molar refractivity (Wildman–Crippen MR) is 191 cm³/mol. The summed E-state index contributed by atoms with van der Waals surface area (Å²) in [5, 5.41) is 22.8. The lowest BCUT2D eigenvalue weighted by atomic mass is 9.92. The average molecular weight is 683 g/mol. The van der Waals surface area contributed by atoms with Crippen molar-refractivity contribution in [1.82, 2.24) is 25.4 Å². The highest BCUT2D eigenvalue weighted by Crippen LogP contribution is 2.39. The molecule has 0 radical (unpaired) electrons. The lowest BCUT2D eigenvalue weighted by molar-refractivity contribution is 0.0963. The number of aryl methyl sites for hydroxylation is 2. The minimum atomic E-state index is -0.495. The minimum absolute atomic E-state index is 0.0475. The lowest BCUT2D eigenvalue weighted by Gasteiger charge is -2.19. The van der Waals surface area contributed by atoms with Crippen molar-refractivity contribution in [2.45, 2.75) is 53.2 Å². The molecule has 2 heterocycles. The Morgan fingerprint density at radius 1 is 1.00 bits per heavy atom. The number of urea groups is 1. The smallest absolute Gasteiger partial charge is 0.320 e. The van der Waals surface area contributed by atoms with Crippen molar-refractivity contribution >= 4 is 29.4 Å². The molecule has 254 valence electrons. The maximum Gasteiger partial charge on any atom is 0.320 e. The number of aromatic nitrogens is 3. The summed E-state index contributed by atoms with van der Waals surface area (Å²) in [6.45, 7) is 9.97. The third-order valence-corrected chi connectivity index (χ3v) is 8.38. The molecule has 0 fully saturated rings. The van der Waals surface area contributed by atoms with Gasteiger partial charge in [0.1, 0.15) is 23.2 Å². The molecule has 0 aliphatic carbocycles. The van der Waals surface area contributed by atoms with E-state index in [4.69, 9.17) is 21.4 Å². The van der Waals surface area contributed by atoms with Crippen LogP contribution in [0.2, 0.25) is 5.02 Å². The number of nitrogens with one attached hydrogen (secondary N) is 4. The Kier molecular flexibility index (Phi) is 10.1. The quantitative estimate of drug-likeness (QED) is 0.116. The van der Waals surface area contributed by atoms with Gasteiger partial charge in [0.25, 0.3) is 11.5 Å². The van der Waals surface area contributed by atoms with Gasteiger partial charge >= 0.3 is 6.03 Å². The molecule has 0 atom stereocenters. The summed E-state index contributed by atoms with van der Waals surface area (Å²) in [4.78, 5) is 41.1. The van der Waals surface area contributed by atoms with Crippen LogP contribution < -0.4 is 26.2 Å². The van der Waals surface area contributed by atoms with E-state index >= 15 is 0 Å². The van der Waals surface area contributed by atoms with Crippen LogP contribution in [-0.4, -0.2) is 38.9 Å². The topological polar surface area (TPSA) is 150 Å². The summed E-state index contributed by atoms with van der Waals surface area (Å²) in [6.07, 6.45) is 0. The van der Waals surface area contributed by atoms with Crippen molar-refractivity contribution in [2.75, 3.05) is 12.4 Å². The first kappa shape index (κ1) is 34.8. The zero-order chi connectivity index (χ0) is 35.5. The number of H-pyrrole nitrogens is 1. The molecule has 49 heavy (non-hydrogen) atoms. The third kappa shape index (κ3) is 7.79. The van der Waals surface area contributed by atoms with Crippen molar-refractivity contribution in [2.24, 2.45) is 0 Å². The Labute approximate surface area is 289 Å². The predicted octanol–water partition coefficient (Wildman–Crippen LogP) is 6.76. The lowest BCUT2D eigenvalue weighted by Crippen LogP contribution is -2.29. The van der Waals surface area contributed by atoms with E-state index in [1.165, 1.54) is 0 Å². The monoisotopic (exact) mass is 682 g/mol. The number of ether oxygens (including phenoxy) is 1. The average Bonchev–Trinajstić information content (AvgIpc) is 3.50. The van der Waals surface area contributed by atoms with Crippen molar-refractivity contribution < 1.29 is 19.4 Å². The molecular weight excluding hydrogens is 644 g/mol. The molecule has 0 bridgehead atoms. The van der Waals surface area contributed by atoms with Crippen LogP contribution in [0.1, 0.15) is 59.2 Å². The van der Waals surface area contributed by atoms with Gasteiger partial charge in [-0.05, 0) is 72.5 Å². The number of rotatable bonds is 9. The van der Waals surface area contributed by atoms with E-state index in [0.29, 0.717) is 33.9 Å².